The summed E-state index contributed by atoms with van der Waals surface area (Å²) in [6.45, 7) is 4.40. The highest BCUT2D eigenvalue weighted by atomic mass is 35.5. The summed E-state index contributed by atoms with van der Waals surface area (Å²) in [5, 5.41) is 7.07. The zero-order valence-corrected chi connectivity index (χ0v) is 17.2. The Bertz CT molecular complexity index is 686. The van der Waals surface area contributed by atoms with E-state index in [1.165, 1.54) is 0 Å². The van der Waals surface area contributed by atoms with E-state index in [0.717, 1.165) is 57.3 Å². The van der Waals surface area contributed by atoms with E-state index in [4.69, 9.17) is 23.2 Å². The number of nitrogens with zero attached hydrogens (tertiary/aromatic N) is 1. The van der Waals surface area contributed by atoms with Crippen molar-refractivity contribution < 1.29 is 9.59 Å². The molecule has 1 aliphatic carbocycles. The number of amides is 2. The summed E-state index contributed by atoms with van der Waals surface area (Å²) in [7, 11) is 0. The highest BCUT2D eigenvalue weighted by Crippen LogP contribution is 2.26. The highest BCUT2D eigenvalue weighted by molar-refractivity contribution is 6.42. The van der Waals surface area contributed by atoms with Crippen LogP contribution in [0.5, 0.6) is 0 Å². The van der Waals surface area contributed by atoms with Crippen molar-refractivity contribution >= 4 is 35.0 Å². The van der Waals surface area contributed by atoms with Crippen LogP contribution in [-0.2, 0) is 16.1 Å². The van der Waals surface area contributed by atoms with Crippen molar-refractivity contribution in [2.75, 3.05) is 13.1 Å². The molecule has 0 bridgehead atoms. The SMILES string of the molecule is CC(NC(=O)C1CCC1)C(=O)NC1CCN(Cc2ccc(Cl)c(Cl)c2)CC1. The van der Waals surface area contributed by atoms with Crippen LogP contribution < -0.4 is 10.6 Å². The van der Waals surface area contributed by atoms with E-state index in [-0.39, 0.29) is 23.8 Å². The number of benzene rings is 1. The van der Waals surface area contributed by atoms with E-state index in [2.05, 4.69) is 15.5 Å². The van der Waals surface area contributed by atoms with Crippen LogP contribution in [0.15, 0.2) is 18.2 Å². The Morgan fingerprint density at radius 1 is 1.15 bits per heavy atom. The zero-order chi connectivity index (χ0) is 19.4. The number of likely N-dealkylation sites (tertiary alicyclic amines) is 1. The Morgan fingerprint density at radius 3 is 2.44 bits per heavy atom. The number of carbonyl (C=O) groups excluding carboxylic acids is 2. The molecule has 0 aromatic heterocycles. The van der Waals surface area contributed by atoms with Gasteiger partial charge in [-0.1, -0.05) is 35.7 Å². The molecule has 1 saturated carbocycles. The molecule has 1 atom stereocenters. The van der Waals surface area contributed by atoms with Crippen LogP contribution in [0.3, 0.4) is 0 Å². The van der Waals surface area contributed by atoms with E-state index >= 15 is 0 Å². The minimum Gasteiger partial charge on any atom is -0.351 e. The first kappa shape index (κ1) is 20.4. The second kappa shape index (κ2) is 9.26. The Morgan fingerprint density at radius 2 is 1.85 bits per heavy atom. The first-order valence-electron chi connectivity index (χ1n) is 9.69. The third-order valence-electron chi connectivity index (χ3n) is 5.55. The lowest BCUT2D eigenvalue weighted by molar-refractivity contribution is -0.132. The predicted molar refractivity (Wildman–Crippen MR) is 108 cm³/mol. The Kier molecular flexibility index (Phi) is 7.01. The van der Waals surface area contributed by atoms with Gasteiger partial charge in [0, 0.05) is 31.6 Å². The van der Waals surface area contributed by atoms with Crippen molar-refractivity contribution in [2.24, 2.45) is 5.92 Å². The minimum absolute atomic E-state index is 0.0142. The van der Waals surface area contributed by atoms with E-state index in [1.54, 1.807) is 6.92 Å². The number of piperidine rings is 1. The van der Waals surface area contributed by atoms with Crippen LogP contribution >= 0.6 is 23.2 Å². The molecule has 1 unspecified atom stereocenters. The number of carbonyl (C=O) groups is 2. The monoisotopic (exact) mass is 411 g/mol. The topological polar surface area (TPSA) is 61.4 Å². The van der Waals surface area contributed by atoms with Gasteiger partial charge in [-0.2, -0.15) is 0 Å². The molecule has 148 valence electrons. The van der Waals surface area contributed by atoms with Crippen molar-refractivity contribution in [1.82, 2.24) is 15.5 Å². The van der Waals surface area contributed by atoms with Gasteiger partial charge in [0.15, 0.2) is 0 Å². The van der Waals surface area contributed by atoms with E-state index in [1.807, 2.05) is 18.2 Å². The van der Waals surface area contributed by atoms with Gasteiger partial charge in [-0.3, -0.25) is 14.5 Å². The zero-order valence-electron chi connectivity index (χ0n) is 15.6. The lowest BCUT2D eigenvalue weighted by Crippen LogP contribution is -2.52. The molecule has 5 nitrogen and oxygen atoms in total. The summed E-state index contributed by atoms with van der Waals surface area (Å²) in [5.41, 5.74) is 1.14. The van der Waals surface area contributed by atoms with Crippen LogP contribution in [-0.4, -0.2) is 41.9 Å². The van der Waals surface area contributed by atoms with Crippen LogP contribution in [0.25, 0.3) is 0 Å². The third kappa shape index (κ3) is 5.59. The molecule has 2 amide bonds. The summed E-state index contributed by atoms with van der Waals surface area (Å²) in [5.74, 6) is 0.0239. The lowest BCUT2D eigenvalue weighted by atomic mass is 9.84. The van der Waals surface area contributed by atoms with Crippen molar-refractivity contribution in [3.05, 3.63) is 33.8 Å². The number of halogens is 2. The molecular formula is C20H27Cl2N3O2. The molecule has 27 heavy (non-hydrogen) atoms. The number of rotatable bonds is 6. The van der Waals surface area contributed by atoms with Gasteiger partial charge in [0.05, 0.1) is 10.0 Å². The molecule has 2 aliphatic rings. The van der Waals surface area contributed by atoms with Gasteiger partial charge in [0.25, 0.3) is 0 Å². The van der Waals surface area contributed by atoms with Crippen molar-refractivity contribution in [2.45, 2.75) is 57.7 Å². The summed E-state index contributed by atoms with van der Waals surface area (Å²) in [6, 6.07) is 5.41. The predicted octanol–water partition coefficient (Wildman–Crippen LogP) is 3.38. The van der Waals surface area contributed by atoms with Crippen LogP contribution in [0, 0.1) is 5.92 Å². The fourth-order valence-corrected chi connectivity index (χ4v) is 3.85. The third-order valence-corrected chi connectivity index (χ3v) is 6.29. The van der Waals surface area contributed by atoms with Gasteiger partial charge in [-0.15, -0.1) is 0 Å². The van der Waals surface area contributed by atoms with Gasteiger partial charge in [-0.05, 0) is 50.3 Å². The molecule has 1 saturated heterocycles. The number of nitrogens with one attached hydrogen (secondary N) is 2. The van der Waals surface area contributed by atoms with E-state index in [9.17, 15) is 9.59 Å². The summed E-state index contributed by atoms with van der Waals surface area (Å²) in [4.78, 5) is 26.7. The molecule has 2 fully saturated rings. The van der Waals surface area contributed by atoms with Crippen molar-refractivity contribution in [3.8, 4) is 0 Å². The van der Waals surface area contributed by atoms with Gasteiger partial charge < -0.3 is 10.6 Å². The van der Waals surface area contributed by atoms with Crippen LogP contribution in [0.2, 0.25) is 10.0 Å². The maximum absolute atomic E-state index is 12.4. The Balaban J connectivity index is 1.40. The average molecular weight is 412 g/mol. The van der Waals surface area contributed by atoms with Crippen molar-refractivity contribution in [1.29, 1.82) is 0 Å². The first-order valence-corrected chi connectivity index (χ1v) is 10.4. The molecule has 0 radical (unpaired) electrons. The quantitative estimate of drug-likeness (QED) is 0.753. The van der Waals surface area contributed by atoms with Gasteiger partial charge >= 0.3 is 0 Å². The molecule has 1 aliphatic heterocycles. The number of hydrogen-bond donors (Lipinski definition) is 2. The standard InChI is InChI=1S/C20H27Cl2N3O2/c1-13(23-20(27)15-3-2-4-15)19(26)24-16-7-9-25(10-8-16)12-14-5-6-17(21)18(22)11-14/h5-6,11,13,15-16H,2-4,7-10,12H2,1H3,(H,23,27)(H,24,26). The molecule has 1 aromatic carbocycles. The van der Waals surface area contributed by atoms with Gasteiger partial charge in [0.2, 0.25) is 11.8 Å². The highest BCUT2D eigenvalue weighted by Gasteiger charge is 2.28. The summed E-state index contributed by atoms with van der Waals surface area (Å²) < 4.78 is 0. The van der Waals surface area contributed by atoms with Crippen LogP contribution in [0.4, 0.5) is 0 Å². The maximum Gasteiger partial charge on any atom is 0.242 e. The Hall–Kier alpha value is -1.30. The normalized spacial score (nSPS) is 20.0. The fourth-order valence-electron chi connectivity index (χ4n) is 3.53. The summed E-state index contributed by atoms with van der Waals surface area (Å²) >= 11 is 12.0. The van der Waals surface area contributed by atoms with Crippen molar-refractivity contribution in [3.63, 3.8) is 0 Å². The van der Waals surface area contributed by atoms with E-state index < -0.39 is 6.04 Å². The van der Waals surface area contributed by atoms with Gasteiger partial charge in [-0.25, -0.2) is 0 Å². The smallest absolute Gasteiger partial charge is 0.242 e. The molecular weight excluding hydrogens is 385 g/mol. The molecule has 1 heterocycles. The Labute approximate surface area is 170 Å². The summed E-state index contributed by atoms with van der Waals surface area (Å²) in [6.07, 6.45) is 4.79. The molecule has 2 N–H and O–H groups in total. The minimum atomic E-state index is -0.479. The average Bonchev–Trinajstić information content (AvgIpc) is 2.58. The second-order valence-electron chi connectivity index (χ2n) is 7.67. The van der Waals surface area contributed by atoms with Crippen LogP contribution in [0.1, 0.15) is 44.6 Å². The largest absolute Gasteiger partial charge is 0.351 e. The maximum atomic E-state index is 12.4. The fraction of sp³-hybridized carbons (Fsp3) is 0.600. The molecule has 3 rings (SSSR count). The lowest BCUT2D eigenvalue weighted by Gasteiger charge is -2.33. The van der Waals surface area contributed by atoms with E-state index in [0.29, 0.717) is 10.0 Å². The van der Waals surface area contributed by atoms with Gasteiger partial charge in [0.1, 0.15) is 6.04 Å². The molecule has 1 aromatic rings. The molecule has 0 spiro atoms. The molecule has 7 heteroatoms. The number of hydrogen-bond acceptors (Lipinski definition) is 3. The second-order valence-corrected chi connectivity index (χ2v) is 8.48. The first-order chi connectivity index (χ1) is 12.9.